The maximum absolute atomic E-state index is 2.50. The lowest BCUT2D eigenvalue weighted by atomic mass is 9.82. The molecule has 1 heterocycles. The fraction of sp³-hybridized carbons (Fsp3) is 0.0667. The van der Waals surface area contributed by atoms with Gasteiger partial charge in [0.2, 0.25) is 0 Å². The Morgan fingerprint density at radius 3 is 2.04 bits per heavy atom. The maximum atomic E-state index is 2.50. The number of thiophene rings is 1. The van der Waals surface area contributed by atoms with Gasteiger partial charge in [-0.15, -0.1) is 11.3 Å². The highest BCUT2D eigenvalue weighted by molar-refractivity contribution is 7.25. The fourth-order valence-corrected chi connectivity index (χ4v) is 9.29. The predicted molar refractivity (Wildman–Crippen MR) is 204 cm³/mol. The summed E-state index contributed by atoms with van der Waals surface area (Å²) in [6, 6.07) is 56.5. The van der Waals surface area contributed by atoms with E-state index in [1.807, 2.05) is 11.3 Å². The van der Waals surface area contributed by atoms with Crippen molar-refractivity contribution < 1.29 is 0 Å². The van der Waals surface area contributed by atoms with Crippen LogP contribution in [-0.2, 0) is 5.41 Å². The molecule has 0 bridgehead atoms. The first kappa shape index (κ1) is 26.7. The Morgan fingerprint density at radius 1 is 0.447 bits per heavy atom. The first-order chi connectivity index (χ1) is 23.1. The molecule has 1 aliphatic rings. The van der Waals surface area contributed by atoms with E-state index in [0.717, 1.165) is 0 Å². The van der Waals surface area contributed by atoms with E-state index in [0.29, 0.717) is 0 Å². The highest BCUT2D eigenvalue weighted by Gasteiger charge is 2.35. The van der Waals surface area contributed by atoms with Gasteiger partial charge in [0, 0.05) is 42.3 Å². The zero-order valence-corrected chi connectivity index (χ0v) is 27.1. The monoisotopic (exact) mass is 617 g/mol. The van der Waals surface area contributed by atoms with Gasteiger partial charge >= 0.3 is 0 Å². The van der Waals surface area contributed by atoms with Crippen molar-refractivity contribution in [1.82, 2.24) is 0 Å². The zero-order chi connectivity index (χ0) is 31.3. The Morgan fingerprint density at radius 2 is 1.11 bits per heavy atom. The van der Waals surface area contributed by atoms with Gasteiger partial charge in [-0.05, 0) is 85.6 Å². The maximum Gasteiger partial charge on any atom is 0.0546 e. The van der Waals surface area contributed by atoms with Gasteiger partial charge in [-0.2, -0.15) is 0 Å². The fourth-order valence-electron chi connectivity index (χ4n) is 8.15. The van der Waals surface area contributed by atoms with Crippen LogP contribution in [0.25, 0.3) is 63.6 Å². The molecule has 2 heteroatoms. The van der Waals surface area contributed by atoms with Crippen LogP contribution in [0.15, 0.2) is 152 Å². The predicted octanol–water partition coefficient (Wildman–Crippen LogP) is 13.3. The number of anilines is 3. The molecule has 0 spiro atoms. The number of rotatable bonds is 3. The molecule has 0 aliphatic heterocycles. The molecule has 0 N–H and O–H groups in total. The van der Waals surface area contributed by atoms with E-state index in [4.69, 9.17) is 0 Å². The van der Waals surface area contributed by atoms with Gasteiger partial charge in [0.25, 0.3) is 0 Å². The molecule has 8 aromatic carbocycles. The van der Waals surface area contributed by atoms with E-state index in [2.05, 4.69) is 170 Å². The molecule has 0 saturated carbocycles. The van der Waals surface area contributed by atoms with Gasteiger partial charge in [-0.25, -0.2) is 0 Å². The minimum atomic E-state index is -0.0899. The van der Waals surface area contributed by atoms with Gasteiger partial charge in [0.1, 0.15) is 0 Å². The summed E-state index contributed by atoms with van der Waals surface area (Å²) in [5, 5.41) is 10.3. The molecule has 222 valence electrons. The van der Waals surface area contributed by atoms with Crippen LogP contribution in [0.2, 0.25) is 0 Å². The summed E-state index contributed by atoms with van der Waals surface area (Å²) in [6.45, 7) is 4.73. The van der Waals surface area contributed by atoms with Crippen LogP contribution in [0.1, 0.15) is 25.0 Å². The summed E-state index contributed by atoms with van der Waals surface area (Å²) in [5.74, 6) is 0. The lowest BCUT2D eigenvalue weighted by Gasteiger charge is -2.29. The van der Waals surface area contributed by atoms with Gasteiger partial charge in [0.05, 0.1) is 5.69 Å². The molecule has 0 atom stereocenters. The quantitative estimate of drug-likeness (QED) is 0.178. The SMILES string of the molecule is CC1(C)c2ccccc2-c2ccc(N(c3ccc4c(c3)sc3ccccc34)c3cccc4ccc5c6ccccc6ccc5c34)cc21. The molecule has 0 amide bonds. The normalized spacial score (nSPS) is 13.5. The third-order valence-electron chi connectivity index (χ3n) is 10.4. The van der Waals surface area contributed by atoms with Crippen molar-refractivity contribution in [1.29, 1.82) is 0 Å². The summed E-state index contributed by atoms with van der Waals surface area (Å²) in [7, 11) is 0. The molecule has 0 unspecified atom stereocenters. The smallest absolute Gasteiger partial charge is 0.0546 e. The Hall–Kier alpha value is -5.44. The highest BCUT2D eigenvalue weighted by Crippen LogP contribution is 2.51. The summed E-state index contributed by atoms with van der Waals surface area (Å²) >= 11 is 1.88. The summed E-state index contributed by atoms with van der Waals surface area (Å²) in [4.78, 5) is 2.50. The molecule has 0 radical (unpaired) electrons. The number of benzene rings is 8. The topological polar surface area (TPSA) is 3.24 Å². The molecule has 47 heavy (non-hydrogen) atoms. The molecule has 9 aromatic rings. The van der Waals surface area contributed by atoms with Crippen LogP contribution in [-0.4, -0.2) is 0 Å². The molecular formula is C45H31NS. The van der Waals surface area contributed by atoms with E-state index < -0.39 is 0 Å². The number of nitrogens with zero attached hydrogens (tertiary/aromatic N) is 1. The van der Waals surface area contributed by atoms with Crippen molar-refractivity contribution in [3.63, 3.8) is 0 Å². The van der Waals surface area contributed by atoms with E-state index in [9.17, 15) is 0 Å². The van der Waals surface area contributed by atoms with Crippen LogP contribution in [0.4, 0.5) is 17.1 Å². The van der Waals surface area contributed by atoms with E-state index in [-0.39, 0.29) is 5.41 Å². The third kappa shape index (κ3) is 3.83. The third-order valence-corrected chi connectivity index (χ3v) is 11.6. The minimum absolute atomic E-state index is 0.0899. The average Bonchev–Trinajstić information content (AvgIpc) is 3.59. The van der Waals surface area contributed by atoms with Crippen LogP contribution >= 0.6 is 11.3 Å². The molecule has 10 rings (SSSR count). The van der Waals surface area contributed by atoms with E-state index in [1.54, 1.807) is 0 Å². The number of fused-ring (bicyclic) bond motifs is 11. The van der Waals surface area contributed by atoms with Crippen LogP contribution in [0.3, 0.4) is 0 Å². The standard InChI is InChI=1S/C45H31NS/c1-45(2)39-15-7-5-13-34(39)35-24-20-30(26-40(35)45)46(31-21-25-37-36-14-6-8-17-42(36)47-43(37)27-31)41-16-9-11-29-19-22-33-32-12-4-3-10-28(32)18-23-38(33)44(29)41/h3-27H,1-2H3. The van der Waals surface area contributed by atoms with Crippen molar-refractivity contribution in [3.8, 4) is 11.1 Å². The minimum Gasteiger partial charge on any atom is -0.310 e. The molecule has 1 nitrogen and oxygen atoms in total. The first-order valence-electron chi connectivity index (χ1n) is 16.4. The van der Waals surface area contributed by atoms with Crippen molar-refractivity contribution in [3.05, 3.63) is 163 Å². The zero-order valence-electron chi connectivity index (χ0n) is 26.3. The van der Waals surface area contributed by atoms with Crippen molar-refractivity contribution in [2.75, 3.05) is 4.90 Å². The van der Waals surface area contributed by atoms with Gasteiger partial charge in [-0.3, -0.25) is 0 Å². The number of hydrogen-bond donors (Lipinski definition) is 0. The second-order valence-corrected chi connectivity index (χ2v) is 14.4. The largest absolute Gasteiger partial charge is 0.310 e. The van der Waals surface area contributed by atoms with Crippen molar-refractivity contribution in [2.24, 2.45) is 0 Å². The highest BCUT2D eigenvalue weighted by atomic mass is 32.1. The Labute approximate surface area is 278 Å². The number of hydrogen-bond acceptors (Lipinski definition) is 2. The first-order valence-corrected chi connectivity index (χ1v) is 17.2. The Bertz CT molecular complexity index is 2730. The second kappa shape index (κ2) is 9.78. The summed E-state index contributed by atoms with van der Waals surface area (Å²) in [6.07, 6.45) is 0. The van der Waals surface area contributed by atoms with Gasteiger partial charge in [-0.1, -0.05) is 129 Å². The van der Waals surface area contributed by atoms with E-state index >= 15 is 0 Å². The van der Waals surface area contributed by atoms with E-state index in [1.165, 1.54) is 91.8 Å². The molecular weight excluding hydrogens is 587 g/mol. The Kier molecular flexibility index (Phi) is 5.57. The molecule has 0 saturated heterocycles. The average molecular weight is 618 g/mol. The van der Waals surface area contributed by atoms with Gasteiger partial charge in [0.15, 0.2) is 0 Å². The Balaban J connectivity index is 1.28. The van der Waals surface area contributed by atoms with Crippen molar-refractivity contribution >= 4 is 80.9 Å². The van der Waals surface area contributed by atoms with Crippen molar-refractivity contribution in [2.45, 2.75) is 19.3 Å². The molecule has 1 aromatic heterocycles. The molecule has 0 fully saturated rings. The van der Waals surface area contributed by atoms with Crippen LogP contribution < -0.4 is 4.90 Å². The lowest BCUT2D eigenvalue weighted by Crippen LogP contribution is -2.16. The van der Waals surface area contributed by atoms with Crippen LogP contribution in [0, 0.1) is 0 Å². The van der Waals surface area contributed by atoms with Crippen LogP contribution in [0.5, 0.6) is 0 Å². The second-order valence-electron chi connectivity index (χ2n) is 13.3. The summed E-state index contributed by atoms with van der Waals surface area (Å²) in [5.41, 5.74) is 8.90. The lowest BCUT2D eigenvalue weighted by molar-refractivity contribution is 0.660. The molecule has 1 aliphatic carbocycles. The van der Waals surface area contributed by atoms with Gasteiger partial charge < -0.3 is 4.90 Å². The summed E-state index contributed by atoms with van der Waals surface area (Å²) < 4.78 is 2.63.